The zero-order valence-electron chi connectivity index (χ0n) is 12.3. The van der Waals surface area contributed by atoms with Crippen molar-refractivity contribution in [2.24, 2.45) is 0 Å². The molecule has 2 aliphatic rings. The molecule has 2 aliphatic heterocycles. The van der Waals surface area contributed by atoms with Crippen LogP contribution in [0.5, 0.6) is 0 Å². The van der Waals surface area contributed by atoms with Crippen LogP contribution in [0.3, 0.4) is 0 Å². The number of nitrogens with one attached hydrogen (secondary N) is 1. The minimum Gasteiger partial charge on any atom is -0.393 e. The number of nitrogen functional groups attached to an aromatic ring is 1. The molecule has 3 rings (SSSR count). The molecule has 3 N–H and O–H groups in total. The van der Waals surface area contributed by atoms with Crippen LogP contribution in [0.2, 0.25) is 0 Å². The van der Waals surface area contributed by atoms with E-state index >= 15 is 0 Å². The van der Waals surface area contributed by atoms with Crippen molar-refractivity contribution in [1.29, 1.82) is 0 Å². The van der Waals surface area contributed by atoms with Gasteiger partial charge in [0, 0.05) is 18.1 Å². The van der Waals surface area contributed by atoms with Crippen LogP contribution in [0, 0.1) is 10.1 Å². The number of benzene rings is 1. The van der Waals surface area contributed by atoms with Gasteiger partial charge < -0.3 is 16.0 Å². The Kier molecular flexibility index (Phi) is 3.71. The molecule has 1 aromatic carbocycles. The summed E-state index contributed by atoms with van der Waals surface area (Å²) in [4.78, 5) is 13.3. The highest BCUT2D eigenvalue weighted by Gasteiger charge is 2.36. The number of rotatable bonds is 3. The van der Waals surface area contributed by atoms with E-state index in [4.69, 9.17) is 5.73 Å². The molecule has 0 aliphatic carbocycles. The van der Waals surface area contributed by atoms with Crippen LogP contribution in [-0.2, 0) is 0 Å². The SMILES string of the molecule is CN1C2CCCC1CC(Nc1cccc(N)c1[N+](=O)[O-])C2. The third-order valence-electron chi connectivity index (χ3n) is 4.95. The van der Waals surface area contributed by atoms with Crippen molar-refractivity contribution in [3.05, 3.63) is 28.3 Å². The molecule has 2 bridgehead atoms. The molecule has 0 spiro atoms. The largest absolute Gasteiger partial charge is 0.393 e. The van der Waals surface area contributed by atoms with Gasteiger partial charge in [-0.2, -0.15) is 0 Å². The third kappa shape index (κ3) is 2.68. The van der Waals surface area contributed by atoms with E-state index in [1.165, 1.54) is 19.3 Å². The standard InChI is InChI=1S/C15H22N4O2/c1-18-11-4-2-5-12(18)9-10(8-11)17-14-7-3-6-13(16)15(14)19(20)21/h3,6-7,10-12,17H,2,4-5,8-9,16H2,1H3. The maximum Gasteiger partial charge on any atom is 0.314 e. The lowest BCUT2D eigenvalue weighted by Crippen LogP contribution is -2.52. The number of anilines is 2. The highest BCUT2D eigenvalue weighted by molar-refractivity contribution is 5.74. The molecular formula is C15H22N4O2. The zero-order valence-corrected chi connectivity index (χ0v) is 12.3. The molecule has 2 unspecified atom stereocenters. The summed E-state index contributed by atoms with van der Waals surface area (Å²) in [6.45, 7) is 0. The lowest BCUT2D eigenvalue weighted by molar-refractivity contribution is -0.383. The summed E-state index contributed by atoms with van der Waals surface area (Å²) in [5.74, 6) is 0. The first kappa shape index (κ1) is 14.1. The fourth-order valence-electron chi connectivity index (χ4n) is 3.84. The Labute approximate surface area is 124 Å². The van der Waals surface area contributed by atoms with E-state index < -0.39 is 4.92 Å². The number of nitro benzene ring substituents is 1. The van der Waals surface area contributed by atoms with Crippen molar-refractivity contribution < 1.29 is 4.92 Å². The highest BCUT2D eigenvalue weighted by atomic mass is 16.6. The van der Waals surface area contributed by atoms with Crippen LogP contribution in [-0.4, -0.2) is 35.0 Å². The Morgan fingerprint density at radius 1 is 1.33 bits per heavy atom. The lowest BCUT2D eigenvalue weighted by Gasteiger charge is -2.47. The molecule has 2 atom stereocenters. The number of nitrogens with two attached hydrogens (primary N) is 1. The molecule has 2 saturated heterocycles. The van der Waals surface area contributed by atoms with E-state index in [0.29, 0.717) is 17.8 Å². The first-order valence-electron chi connectivity index (χ1n) is 7.57. The minimum absolute atomic E-state index is 0.00147. The van der Waals surface area contributed by atoms with E-state index in [1.54, 1.807) is 18.2 Å². The summed E-state index contributed by atoms with van der Waals surface area (Å²) in [5, 5.41) is 14.6. The van der Waals surface area contributed by atoms with Crippen molar-refractivity contribution in [1.82, 2.24) is 4.90 Å². The van der Waals surface area contributed by atoms with E-state index in [0.717, 1.165) is 12.8 Å². The topological polar surface area (TPSA) is 84.4 Å². The van der Waals surface area contributed by atoms with Gasteiger partial charge in [0.15, 0.2) is 0 Å². The number of piperidine rings is 2. The van der Waals surface area contributed by atoms with Crippen LogP contribution in [0.15, 0.2) is 18.2 Å². The summed E-state index contributed by atoms with van der Waals surface area (Å²) in [6.07, 6.45) is 5.83. The molecule has 0 aromatic heterocycles. The predicted molar refractivity (Wildman–Crippen MR) is 83.3 cm³/mol. The predicted octanol–water partition coefficient (Wildman–Crippen LogP) is 2.60. The monoisotopic (exact) mass is 290 g/mol. The van der Waals surface area contributed by atoms with Gasteiger partial charge in [0.1, 0.15) is 11.4 Å². The van der Waals surface area contributed by atoms with Gasteiger partial charge in [-0.05, 0) is 44.9 Å². The molecule has 2 heterocycles. The van der Waals surface area contributed by atoms with E-state index in [-0.39, 0.29) is 17.4 Å². The number of hydrogen-bond acceptors (Lipinski definition) is 5. The first-order valence-corrected chi connectivity index (χ1v) is 7.57. The zero-order chi connectivity index (χ0) is 15.0. The summed E-state index contributed by atoms with van der Waals surface area (Å²) in [5.41, 5.74) is 6.52. The average molecular weight is 290 g/mol. The van der Waals surface area contributed by atoms with Crippen LogP contribution in [0.1, 0.15) is 32.1 Å². The Morgan fingerprint density at radius 3 is 2.62 bits per heavy atom. The van der Waals surface area contributed by atoms with Gasteiger partial charge in [0.05, 0.1) is 4.92 Å². The molecule has 114 valence electrons. The maximum absolute atomic E-state index is 11.2. The molecular weight excluding hydrogens is 268 g/mol. The fourth-order valence-corrected chi connectivity index (χ4v) is 3.84. The number of nitro groups is 1. The quantitative estimate of drug-likeness (QED) is 0.508. The molecule has 2 fully saturated rings. The van der Waals surface area contributed by atoms with E-state index in [9.17, 15) is 10.1 Å². The minimum atomic E-state index is -0.395. The summed E-state index contributed by atoms with van der Waals surface area (Å²) in [7, 11) is 2.20. The van der Waals surface area contributed by atoms with Crippen molar-refractivity contribution in [3.8, 4) is 0 Å². The van der Waals surface area contributed by atoms with Crippen LogP contribution in [0.4, 0.5) is 17.1 Å². The van der Waals surface area contributed by atoms with Crippen molar-refractivity contribution in [3.63, 3.8) is 0 Å². The summed E-state index contributed by atoms with van der Waals surface area (Å²) >= 11 is 0. The van der Waals surface area contributed by atoms with Crippen LogP contribution in [0.25, 0.3) is 0 Å². The van der Waals surface area contributed by atoms with Gasteiger partial charge in [-0.1, -0.05) is 12.5 Å². The second-order valence-electron chi connectivity index (χ2n) is 6.22. The van der Waals surface area contributed by atoms with Gasteiger partial charge >= 0.3 is 5.69 Å². The molecule has 21 heavy (non-hydrogen) atoms. The third-order valence-corrected chi connectivity index (χ3v) is 4.95. The number of para-hydroxylation sites is 1. The molecule has 6 heteroatoms. The van der Waals surface area contributed by atoms with Crippen LogP contribution < -0.4 is 11.1 Å². The summed E-state index contributed by atoms with van der Waals surface area (Å²) in [6, 6.07) is 6.57. The van der Waals surface area contributed by atoms with Crippen molar-refractivity contribution in [2.45, 2.75) is 50.2 Å². The molecule has 1 aromatic rings. The number of hydrogen-bond donors (Lipinski definition) is 2. The molecule has 0 saturated carbocycles. The van der Waals surface area contributed by atoms with E-state index in [1.807, 2.05) is 0 Å². The highest BCUT2D eigenvalue weighted by Crippen LogP contribution is 2.36. The van der Waals surface area contributed by atoms with Gasteiger partial charge in [0.2, 0.25) is 0 Å². The maximum atomic E-state index is 11.2. The molecule has 6 nitrogen and oxygen atoms in total. The average Bonchev–Trinajstić information content (AvgIpc) is 2.39. The number of fused-ring (bicyclic) bond motifs is 2. The first-order chi connectivity index (χ1) is 10.1. The Morgan fingerprint density at radius 2 is 2.00 bits per heavy atom. The lowest BCUT2D eigenvalue weighted by atomic mass is 9.82. The van der Waals surface area contributed by atoms with Crippen molar-refractivity contribution in [2.75, 3.05) is 18.1 Å². The normalized spacial score (nSPS) is 29.1. The van der Waals surface area contributed by atoms with Gasteiger partial charge in [-0.3, -0.25) is 10.1 Å². The van der Waals surface area contributed by atoms with Gasteiger partial charge in [0.25, 0.3) is 0 Å². The second kappa shape index (κ2) is 5.52. The molecule has 0 radical (unpaired) electrons. The number of nitrogens with zero attached hydrogens (tertiary/aromatic N) is 2. The van der Waals surface area contributed by atoms with Gasteiger partial charge in [-0.25, -0.2) is 0 Å². The van der Waals surface area contributed by atoms with E-state index in [2.05, 4.69) is 17.3 Å². The fraction of sp³-hybridized carbons (Fsp3) is 0.600. The van der Waals surface area contributed by atoms with Crippen molar-refractivity contribution >= 4 is 17.1 Å². The van der Waals surface area contributed by atoms with Gasteiger partial charge in [-0.15, -0.1) is 0 Å². The Hall–Kier alpha value is -1.82. The summed E-state index contributed by atoms with van der Waals surface area (Å²) < 4.78 is 0. The molecule has 0 amide bonds. The Balaban J connectivity index is 1.79. The second-order valence-corrected chi connectivity index (χ2v) is 6.22. The van der Waals surface area contributed by atoms with Crippen LogP contribution >= 0.6 is 0 Å². The smallest absolute Gasteiger partial charge is 0.314 e. The Bertz CT molecular complexity index is 534.